The fraction of sp³-hybridized carbons (Fsp3) is 0.533. The van der Waals surface area contributed by atoms with Gasteiger partial charge in [-0.3, -0.25) is 4.79 Å². The summed E-state index contributed by atoms with van der Waals surface area (Å²) in [4.78, 5) is 14.3. The van der Waals surface area contributed by atoms with E-state index in [2.05, 4.69) is 13.0 Å². The molecule has 1 aromatic rings. The van der Waals surface area contributed by atoms with Crippen LogP contribution < -0.4 is 0 Å². The summed E-state index contributed by atoms with van der Waals surface area (Å²) in [5, 5.41) is 0. The van der Waals surface area contributed by atoms with Crippen molar-refractivity contribution in [3.05, 3.63) is 35.4 Å². The maximum absolute atomic E-state index is 12.3. The summed E-state index contributed by atoms with van der Waals surface area (Å²) in [6.07, 6.45) is 1.55. The van der Waals surface area contributed by atoms with Gasteiger partial charge < -0.3 is 4.90 Å². The van der Waals surface area contributed by atoms with E-state index in [-0.39, 0.29) is 11.9 Å². The molecular formula is C15H20ClNO. The van der Waals surface area contributed by atoms with Gasteiger partial charge in [-0.2, -0.15) is 0 Å². The molecule has 0 aromatic heterocycles. The number of rotatable bonds is 3. The van der Waals surface area contributed by atoms with E-state index in [4.69, 9.17) is 11.6 Å². The van der Waals surface area contributed by atoms with E-state index in [1.165, 1.54) is 5.56 Å². The average Bonchev–Trinajstić information content (AvgIpc) is 2.70. The third-order valence-corrected chi connectivity index (χ3v) is 4.11. The quantitative estimate of drug-likeness (QED) is 0.770. The second-order valence-corrected chi connectivity index (χ2v) is 5.55. The number of hydrogen-bond donors (Lipinski definition) is 0. The molecule has 98 valence electrons. The summed E-state index contributed by atoms with van der Waals surface area (Å²) >= 11 is 5.98. The Balaban J connectivity index is 2.04. The Morgan fingerprint density at radius 1 is 1.50 bits per heavy atom. The van der Waals surface area contributed by atoms with E-state index in [1.54, 1.807) is 0 Å². The van der Waals surface area contributed by atoms with Crippen molar-refractivity contribution in [1.82, 2.24) is 4.90 Å². The minimum atomic E-state index is 0.204. The topological polar surface area (TPSA) is 20.3 Å². The average molecular weight is 266 g/mol. The predicted molar refractivity (Wildman–Crippen MR) is 74.9 cm³/mol. The van der Waals surface area contributed by atoms with Crippen molar-refractivity contribution in [3.63, 3.8) is 0 Å². The van der Waals surface area contributed by atoms with Crippen LogP contribution in [0.3, 0.4) is 0 Å². The summed E-state index contributed by atoms with van der Waals surface area (Å²) in [5.41, 5.74) is 2.29. The smallest absolute Gasteiger partial charge is 0.227 e. The largest absolute Gasteiger partial charge is 0.338 e. The molecular weight excluding hydrogens is 246 g/mol. The van der Waals surface area contributed by atoms with Crippen LogP contribution in [-0.2, 0) is 11.2 Å². The Kier molecular flexibility index (Phi) is 4.28. The zero-order valence-electron chi connectivity index (χ0n) is 11.0. The maximum atomic E-state index is 12.3. The van der Waals surface area contributed by atoms with Gasteiger partial charge in [0.1, 0.15) is 0 Å². The van der Waals surface area contributed by atoms with Crippen LogP contribution in [0.5, 0.6) is 0 Å². The van der Waals surface area contributed by atoms with Gasteiger partial charge in [0.05, 0.1) is 6.42 Å². The number of hydrogen-bond acceptors (Lipinski definition) is 1. The molecule has 1 amide bonds. The molecule has 1 aliphatic rings. The first-order valence-electron chi connectivity index (χ1n) is 6.53. The van der Waals surface area contributed by atoms with Crippen LogP contribution in [0.25, 0.3) is 0 Å². The number of alkyl halides is 1. The number of nitrogens with zero attached hydrogens (tertiary/aromatic N) is 1. The molecule has 2 unspecified atom stereocenters. The second kappa shape index (κ2) is 5.75. The highest BCUT2D eigenvalue weighted by Crippen LogP contribution is 2.25. The van der Waals surface area contributed by atoms with E-state index in [0.29, 0.717) is 18.2 Å². The fourth-order valence-electron chi connectivity index (χ4n) is 2.65. The van der Waals surface area contributed by atoms with Crippen molar-refractivity contribution < 1.29 is 4.79 Å². The molecule has 1 aromatic carbocycles. The third kappa shape index (κ3) is 2.86. The molecule has 18 heavy (non-hydrogen) atoms. The molecule has 2 nitrogen and oxygen atoms in total. The van der Waals surface area contributed by atoms with E-state index >= 15 is 0 Å². The first kappa shape index (κ1) is 13.4. The van der Waals surface area contributed by atoms with E-state index in [0.717, 1.165) is 18.5 Å². The van der Waals surface area contributed by atoms with Crippen LogP contribution in [-0.4, -0.2) is 29.3 Å². The van der Waals surface area contributed by atoms with E-state index < -0.39 is 0 Å². The molecule has 0 radical (unpaired) electrons. The molecule has 0 bridgehead atoms. The highest BCUT2D eigenvalue weighted by Gasteiger charge is 2.33. The first-order valence-corrected chi connectivity index (χ1v) is 7.06. The summed E-state index contributed by atoms with van der Waals surface area (Å²) in [6, 6.07) is 8.36. The van der Waals surface area contributed by atoms with Crippen molar-refractivity contribution in [2.45, 2.75) is 32.7 Å². The highest BCUT2D eigenvalue weighted by atomic mass is 35.5. The van der Waals surface area contributed by atoms with Crippen molar-refractivity contribution >= 4 is 17.5 Å². The van der Waals surface area contributed by atoms with Crippen molar-refractivity contribution in [1.29, 1.82) is 0 Å². The number of carbonyl (C=O) groups excluding carboxylic acids is 1. The zero-order valence-corrected chi connectivity index (χ0v) is 11.8. The number of carbonyl (C=O) groups is 1. The van der Waals surface area contributed by atoms with Gasteiger partial charge in [0.2, 0.25) is 5.91 Å². The Labute approximate surface area is 114 Å². The molecule has 0 spiro atoms. The van der Waals surface area contributed by atoms with Gasteiger partial charge in [0.15, 0.2) is 0 Å². The molecule has 1 saturated heterocycles. The van der Waals surface area contributed by atoms with Crippen LogP contribution in [0, 0.1) is 12.8 Å². The summed E-state index contributed by atoms with van der Waals surface area (Å²) in [5.74, 6) is 1.26. The maximum Gasteiger partial charge on any atom is 0.227 e. The molecule has 2 rings (SSSR count). The molecule has 1 fully saturated rings. The number of likely N-dealkylation sites (tertiary alicyclic amines) is 1. The van der Waals surface area contributed by atoms with Crippen molar-refractivity contribution in [2.24, 2.45) is 5.92 Å². The second-order valence-electron chi connectivity index (χ2n) is 5.24. The standard InChI is InChI=1S/C15H20ClNO/c1-11-4-3-5-13(8-11)9-15(18)17-7-6-12(2)14(17)10-16/h3-5,8,12,14H,6-7,9-10H2,1-2H3. The van der Waals surface area contributed by atoms with Crippen molar-refractivity contribution in [3.8, 4) is 0 Å². The molecule has 0 aliphatic carbocycles. The summed E-state index contributed by atoms with van der Waals surface area (Å²) in [7, 11) is 0. The minimum Gasteiger partial charge on any atom is -0.338 e. The number of halogens is 1. The van der Waals surface area contributed by atoms with Gasteiger partial charge >= 0.3 is 0 Å². The lowest BCUT2D eigenvalue weighted by atomic mass is 10.0. The fourth-order valence-corrected chi connectivity index (χ4v) is 3.12. The van der Waals surface area contributed by atoms with Crippen LogP contribution in [0.4, 0.5) is 0 Å². The molecule has 1 heterocycles. The monoisotopic (exact) mass is 265 g/mol. The summed E-state index contributed by atoms with van der Waals surface area (Å²) in [6.45, 7) is 5.07. The van der Waals surface area contributed by atoms with Gasteiger partial charge in [-0.1, -0.05) is 36.8 Å². The Morgan fingerprint density at radius 2 is 2.28 bits per heavy atom. The molecule has 3 heteroatoms. The van der Waals surface area contributed by atoms with Crippen molar-refractivity contribution in [2.75, 3.05) is 12.4 Å². The number of aryl methyl sites for hydroxylation is 1. The SMILES string of the molecule is Cc1cccc(CC(=O)N2CCC(C)C2CCl)c1. The lowest BCUT2D eigenvalue weighted by Crippen LogP contribution is -2.39. The van der Waals surface area contributed by atoms with E-state index in [1.807, 2.05) is 30.0 Å². The lowest BCUT2D eigenvalue weighted by molar-refractivity contribution is -0.131. The molecule has 2 atom stereocenters. The highest BCUT2D eigenvalue weighted by molar-refractivity contribution is 6.18. The normalized spacial score (nSPS) is 23.4. The zero-order chi connectivity index (χ0) is 13.1. The number of amides is 1. The lowest BCUT2D eigenvalue weighted by Gasteiger charge is -2.25. The summed E-state index contributed by atoms with van der Waals surface area (Å²) < 4.78 is 0. The third-order valence-electron chi connectivity index (χ3n) is 3.80. The Morgan fingerprint density at radius 3 is 2.94 bits per heavy atom. The van der Waals surface area contributed by atoms with Crippen LogP contribution in [0.1, 0.15) is 24.5 Å². The Hall–Kier alpha value is -1.02. The molecule has 0 saturated carbocycles. The van der Waals surface area contributed by atoms with Crippen LogP contribution in [0.15, 0.2) is 24.3 Å². The number of benzene rings is 1. The van der Waals surface area contributed by atoms with Gasteiger partial charge in [0.25, 0.3) is 0 Å². The van der Waals surface area contributed by atoms with Crippen LogP contribution in [0.2, 0.25) is 0 Å². The predicted octanol–water partition coefficient (Wildman–Crippen LogP) is 3.01. The molecule has 1 aliphatic heterocycles. The van der Waals surface area contributed by atoms with Crippen LogP contribution >= 0.6 is 11.6 Å². The van der Waals surface area contributed by atoms with Gasteiger partial charge in [-0.05, 0) is 24.8 Å². The minimum absolute atomic E-state index is 0.204. The van der Waals surface area contributed by atoms with Gasteiger partial charge in [-0.25, -0.2) is 0 Å². The van der Waals surface area contributed by atoms with E-state index in [9.17, 15) is 4.79 Å². The van der Waals surface area contributed by atoms with Gasteiger partial charge in [-0.15, -0.1) is 11.6 Å². The first-order chi connectivity index (χ1) is 8.61. The molecule has 0 N–H and O–H groups in total. The Bertz CT molecular complexity index is 432. The van der Waals surface area contributed by atoms with Gasteiger partial charge in [0, 0.05) is 18.5 Å².